The molecule has 6 heteroatoms. The number of amides is 1. The van der Waals surface area contributed by atoms with Crippen molar-refractivity contribution in [3.8, 4) is 16.9 Å². The van der Waals surface area contributed by atoms with Crippen molar-refractivity contribution in [3.05, 3.63) is 88.4 Å². The van der Waals surface area contributed by atoms with Gasteiger partial charge in [0.1, 0.15) is 5.75 Å². The minimum atomic E-state index is -0.937. The lowest BCUT2D eigenvalue weighted by Crippen LogP contribution is -2.26. The SMILES string of the molecule is CCCCCCCOc1ccc(Cl)cc1C(=O)NCCc1ccc(-c2ccc(C(=O)O)cc2)cc1. The molecular formula is C29H32ClNO4. The molecular weight excluding hydrogens is 462 g/mol. The van der Waals surface area contributed by atoms with E-state index in [1.807, 2.05) is 24.3 Å². The lowest BCUT2D eigenvalue weighted by molar-refractivity contribution is 0.0696. The number of halogens is 1. The fourth-order valence-corrected chi connectivity index (χ4v) is 3.95. The van der Waals surface area contributed by atoms with Gasteiger partial charge in [-0.1, -0.05) is 80.6 Å². The van der Waals surface area contributed by atoms with Gasteiger partial charge in [0.05, 0.1) is 17.7 Å². The number of hydrogen-bond donors (Lipinski definition) is 2. The summed E-state index contributed by atoms with van der Waals surface area (Å²) in [4.78, 5) is 23.8. The summed E-state index contributed by atoms with van der Waals surface area (Å²) >= 11 is 6.13. The minimum Gasteiger partial charge on any atom is -0.493 e. The van der Waals surface area contributed by atoms with Crippen LogP contribution in [0.5, 0.6) is 5.75 Å². The standard InChI is InChI=1S/C29H32ClNO4/c1-2-3-4-5-6-19-35-27-16-15-25(30)20-26(27)28(32)31-18-17-21-7-9-22(10-8-21)23-11-13-24(14-12-23)29(33)34/h7-16,20H,2-6,17-19H2,1H3,(H,31,32)(H,33,34). The molecule has 0 aromatic heterocycles. The maximum absolute atomic E-state index is 12.8. The number of rotatable bonds is 13. The quantitative estimate of drug-likeness (QED) is 0.251. The van der Waals surface area contributed by atoms with Gasteiger partial charge in [-0.15, -0.1) is 0 Å². The van der Waals surface area contributed by atoms with Gasteiger partial charge in [0.2, 0.25) is 0 Å². The lowest BCUT2D eigenvalue weighted by atomic mass is 10.0. The zero-order chi connectivity index (χ0) is 25.0. The fourth-order valence-electron chi connectivity index (χ4n) is 3.78. The number of carboxylic acid groups (broad SMARTS) is 1. The van der Waals surface area contributed by atoms with Gasteiger partial charge in [0, 0.05) is 11.6 Å². The molecule has 2 N–H and O–H groups in total. The molecule has 0 heterocycles. The van der Waals surface area contributed by atoms with E-state index in [-0.39, 0.29) is 11.5 Å². The van der Waals surface area contributed by atoms with Gasteiger partial charge in [0.15, 0.2) is 0 Å². The summed E-state index contributed by atoms with van der Waals surface area (Å²) in [5, 5.41) is 12.5. The molecule has 0 saturated carbocycles. The van der Waals surface area contributed by atoms with Gasteiger partial charge in [-0.25, -0.2) is 4.79 Å². The highest BCUT2D eigenvalue weighted by atomic mass is 35.5. The fraction of sp³-hybridized carbons (Fsp3) is 0.310. The van der Waals surface area contributed by atoms with Crippen LogP contribution in [0, 0.1) is 0 Å². The molecule has 0 atom stereocenters. The highest BCUT2D eigenvalue weighted by Crippen LogP contribution is 2.24. The van der Waals surface area contributed by atoms with Gasteiger partial charge >= 0.3 is 5.97 Å². The number of aromatic carboxylic acids is 1. The predicted octanol–water partition coefficient (Wildman–Crippen LogP) is 7.03. The van der Waals surface area contributed by atoms with Gasteiger partial charge in [-0.2, -0.15) is 0 Å². The van der Waals surface area contributed by atoms with Crippen molar-refractivity contribution < 1.29 is 19.4 Å². The molecule has 35 heavy (non-hydrogen) atoms. The molecule has 1 amide bonds. The number of carbonyl (C=O) groups is 2. The molecule has 0 aliphatic heterocycles. The van der Waals surface area contributed by atoms with E-state index in [1.54, 1.807) is 42.5 Å². The molecule has 3 rings (SSSR count). The van der Waals surface area contributed by atoms with Gasteiger partial charge in [0.25, 0.3) is 5.91 Å². The van der Waals surface area contributed by atoms with E-state index in [4.69, 9.17) is 21.4 Å². The Bertz CT molecular complexity index is 1110. The number of unbranched alkanes of at least 4 members (excludes halogenated alkanes) is 4. The summed E-state index contributed by atoms with van der Waals surface area (Å²) in [5.41, 5.74) is 3.76. The first-order valence-corrected chi connectivity index (χ1v) is 12.5. The van der Waals surface area contributed by atoms with Crippen LogP contribution in [0.15, 0.2) is 66.7 Å². The van der Waals surface area contributed by atoms with Crippen molar-refractivity contribution in [2.24, 2.45) is 0 Å². The van der Waals surface area contributed by atoms with Crippen LogP contribution in [0.2, 0.25) is 5.02 Å². The number of carboxylic acids is 1. The van der Waals surface area contributed by atoms with Crippen molar-refractivity contribution in [2.75, 3.05) is 13.2 Å². The van der Waals surface area contributed by atoms with Crippen LogP contribution in [-0.4, -0.2) is 30.1 Å². The molecule has 5 nitrogen and oxygen atoms in total. The Morgan fingerprint density at radius 3 is 2.20 bits per heavy atom. The third kappa shape index (κ3) is 8.15. The van der Waals surface area contributed by atoms with Gasteiger partial charge in [-0.3, -0.25) is 4.79 Å². The predicted molar refractivity (Wildman–Crippen MR) is 141 cm³/mol. The van der Waals surface area contributed by atoms with E-state index < -0.39 is 5.97 Å². The number of carbonyl (C=O) groups excluding carboxylic acids is 1. The van der Waals surface area contributed by atoms with Crippen molar-refractivity contribution in [1.82, 2.24) is 5.32 Å². The first kappa shape index (κ1) is 26.3. The van der Waals surface area contributed by atoms with E-state index in [2.05, 4.69) is 12.2 Å². The maximum atomic E-state index is 12.8. The molecule has 0 aliphatic carbocycles. The number of ether oxygens (including phenoxy) is 1. The summed E-state index contributed by atoms with van der Waals surface area (Å²) in [6.07, 6.45) is 6.40. The first-order chi connectivity index (χ1) is 17.0. The van der Waals surface area contributed by atoms with Crippen molar-refractivity contribution >= 4 is 23.5 Å². The summed E-state index contributed by atoms with van der Waals surface area (Å²) in [5.74, 6) is -0.586. The number of hydrogen-bond acceptors (Lipinski definition) is 3. The molecule has 0 aliphatic rings. The molecule has 0 fully saturated rings. The molecule has 0 saturated heterocycles. The third-order valence-corrected chi connectivity index (χ3v) is 6.05. The van der Waals surface area contributed by atoms with E-state index >= 15 is 0 Å². The van der Waals surface area contributed by atoms with E-state index in [0.717, 1.165) is 29.5 Å². The Labute approximate surface area is 212 Å². The molecule has 0 bridgehead atoms. The van der Waals surface area contributed by atoms with Crippen molar-refractivity contribution in [1.29, 1.82) is 0 Å². The lowest BCUT2D eigenvalue weighted by Gasteiger charge is -2.12. The summed E-state index contributed by atoms with van der Waals surface area (Å²) in [6, 6.07) is 20.0. The monoisotopic (exact) mass is 493 g/mol. The highest BCUT2D eigenvalue weighted by Gasteiger charge is 2.13. The number of nitrogens with one attached hydrogen (secondary N) is 1. The maximum Gasteiger partial charge on any atom is 0.335 e. The Morgan fingerprint density at radius 1 is 0.886 bits per heavy atom. The number of benzene rings is 3. The third-order valence-electron chi connectivity index (χ3n) is 5.81. The smallest absolute Gasteiger partial charge is 0.335 e. The van der Waals surface area contributed by atoms with Crippen molar-refractivity contribution in [3.63, 3.8) is 0 Å². The molecule has 0 unspecified atom stereocenters. The topological polar surface area (TPSA) is 75.6 Å². The Balaban J connectivity index is 1.51. The van der Waals surface area contributed by atoms with Crippen LogP contribution in [0.25, 0.3) is 11.1 Å². The molecule has 3 aromatic carbocycles. The zero-order valence-corrected chi connectivity index (χ0v) is 20.8. The van der Waals surface area contributed by atoms with Crippen LogP contribution < -0.4 is 10.1 Å². The van der Waals surface area contributed by atoms with Gasteiger partial charge in [-0.05, 0) is 59.9 Å². The second kappa shape index (κ2) is 13.5. The van der Waals surface area contributed by atoms with Gasteiger partial charge < -0.3 is 15.2 Å². The van der Waals surface area contributed by atoms with Crippen LogP contribution in [0.4, 0.5) is 0 Å². The van der Waals surface area contributed by atoms with Crippen LogP contribution in [0.3, 0.4) is 0 Å². The van der Waals surface area contributed by atoms with Crippen LogP contribution >= 0.6 is 11.6 Å². The highest BCUT2D eigenvalue weighted by molar-refractivity contribution is 6.31. The average Bonchev–Trinajstić information content (AvgIpc) is 2.87. The Hall–Kier alpha value is -3.31. The van der Waals surface area contributed by atoms with Crippen LogP contribution in [-0.2, 0) is 6.42 Å². The Kier molecular flexibility index (Phi) is 10.2. The first-order valence-electron chi connectivity index (χ1n) is 12.1. The van der Waals surface area contributed by atoms with Crippen molar-refractivity contribution in [2.45, 2.75) is 45.4 Å². The zero-order valence-electron chi connectivity index (χ0n) is 20.1. The Morgan fingerprint density at radius 2 is 1.54 bits per heavy atom. The molecule has 0 radical (unpaired) electrons. The van der Waals surface area contributed by atoms with E-state index in [0.29, 0.717) is 35.9 Å². The van der Waals surface area contributed by atoms with E-state index in [9.17, 15) is 9.59 Å². The molecule has 0 spiro atoms. The summed E-state index contributed by atoms with van der Waals surface area (Å²) in [7, 11) is 0. The second-order valence-electron chi connectivity index (χ2n) is 8.49. The van der Waals surface area contributed by atoms with E-state index in [1.165, 1.54) is 19.3 Å². The molecule has 184 valence electrons. The second-order valence-corrected chi connectivity index (χ2v) is 8.92. The van der Waals surface area contributed by atoms with Crippen LogP contribution in [0.1, 0.15) is 65.3 Å². The minimum absolute atomic E-state index is 0.205. The molecule has 3 aromatic rings. The summed E-state index contributed by atoms with van der Waals surface area (Å²) in [6.45, 7) is 3.25. The summed E-state index contributed by atoms with van der Waals surface area (Å²) < 4.78 is 5.88. The largest absolute Gasteiger partial charge is 0.493 e. The average molecular weight is 494 g/mol. The normalized spacial score (nSPS) is 10.7.